The van der Waals surface area contributed by atoms with Crippen molar-refractivity contribution >= 4 is 12.2 Å². The van der Waals surface area contributed by atoms with Crippen molar-refractivity contribution in [1.82, 2.24) is 4.98 Å². The van der Waals surface area contributed by atoms with Gasteiger partial charge in [0, 0.05) is 24.9 Å². The summed E-state index contributed by atoms with van der Waals surface area (Å²) in [6, 6.07) is 3.58. The third kappa shape index (κ3) is 2.92. The molecule has 0 atom stereocenters. The predicted octanol–water partition coefficient (Wildman–Crippen LogP) is 0.979. The molecule has 0 N–H and O–H groups in total. The molecule has 1 heterocycles. The van der Waals surface area contributed by atoms with Crippen molar-refractivity contribution in [3.8, 4) is 0 Å². The van der Waals surface area contributed by atoms with Gasteiger partial charge in [-0.3, -0.25) is 4.98 Å². The summed E-state index contributed by atoms with van der Waals surface area (Å²) in [4.78, 5) is 18.5. The molecule has 4 nitrogen and oxygen atoms in total. The summed E-state index contributed by atoms with van der Waals surface area (Å²) >= 11 is 0. The zero-order valence-corrected chi connectivity index (χ0v) is 6.60. The predicted molar refractivity (Wildman–Crippen MR) is 43.6 cm³/mol. The first-order chi connectivity index (χ1) is 5.79. The Labute approximate surface area is 69.9 Å². The molecule has 0 aliphatic carbocycles. The Morgan fingerprint density at radius 2 is 2.58 bits per heavy atom. The Kier molecular flexibility index (Phi) is 2.95. The zero-order chi connectivity index (χ0) is 8.81. The van der Waals surface area contributed by atoms with Gasteiger partial charge in [0.05, 0.1) is 6.21 Å². The highest BCUT2D eigenvalue weighted by Crippen LogP contribution is 1.90. The van der Waals surface area contributed by atoms with Crippen LogP contribution >= 0.6 is 0 Å². The number of rotatable bonds is 2. The Morgan fingerprint density at radius 1 is 1.75 bits per heavy atom. The Bertz CT molecular complexity index is 282. The summed E-state index contributed by atoms with van der Waals surface area (Å²) in [6.07, 6.45) is 4.70. The molecule has 0 saturated carbocycles. The molecule has 0 radical (unpaired) electrons. The molecule has 12 heavy (non-hydrogen) atoms. The summed E-state index contributed by atoms with van der Waals surface area (Å²) in [6.45, 7) is 1.29. The van der Waals surface area contributed by atoms with Gasteiger partial charge in [-0.15, -0.1) is 0 Å². The van der Waals surface area contributed by atoms with Gasteiger partial charge in [-0.25, -0.2) is 4.79 Å². The third-order valence-electron chi connectivity index (χ3n) is 1.07. The topological polar surface area (TPSA) is 51.5 Å². The van der Waals surface area contributed by atoms with Gasteiger partial charge < -0.3 is 4.84 Å². The number of carbonyl (C=O) groups is 1. The Balaban J connectivity index is 2.52. The molecule has 0 unspecified atom stereocenters. The van der Waals surface area contributed by atoms with Gasteiger partial charge in [-0.1, -0.05) is 11.2 Å². The molecule has 0 aromatic carbocycles. The second-order valence-corrected chi connectivity index (χ2v) is 2.10. The van der Waals surface area contributed by atoms with Gasteiger partial charge in [0.15, 0.2) is 0 Å². The Hall–Kier alpha value is -1.71. The first-order valence-corrected chi connectivity index (χ1v) is 3.40. The second kappa shape index (κ2) is 4.23. The molecule has 0 fully saturated rings. The second-order valence-electron chi connectivity index (χ2n) is 2.10. The average Bonchev–Trinajstić information content (AvgIpc) is 2.05. The maximum Gasteiger partial charge on any atom is 0.331 e. The summed E-state index contributed by atoms with van der Waals surface area (Å²) in [5.74, 6) is -0.435. The van der Waals surface area contributed by atoms with E-state index in [4.69, 9.17) is 0 Å². The van der Waals surface area contributed by atoms with Crippen molar-refractivity contribution < 1.29 is 9.63 Å². The van der Waals surface area contributed by atoms with E-state index < -0.39 is 5.97 Å². The number of carbonyl (C=O) groups excluding carboxylic acids is 1. The fourth-order valence-corrected chi connectivity index (χ4v) is 0.614. The highest BCUT2D eigenvalue weighted by Gasteiger charge is 1.87. The number of pyridine rings is 1. The molecule has 0 spiro atoms. The fourth-order valence-electron chi connectivity index (χ4n) is 0.614. The lowest BCUT2D eigenvalue weighted by Crippen LogP contribution is -1.91. The lowest BCUT2D eigenvalue weighted by Gasteiger charge is -1.89. The lowest BCUT2D eigenvalue weighted by atomic mass is 10.3. The summed E-state index contributed by atoms with van der Waals surface area (Å²) in [5, 5.41) is 3.43. The Morgan fingerprint density at radius 3 is 3.17 bits per heavy atom. The van der Waals surface area contributed by atoms with E-state index in [0.717, 1.165) is 5.56 Å². The van der Waals surface area contributed by atoms with Crippen molar-refractivity contribution in [1.29, 1.82) is 0 Å². The van der Waals surface area contributed by atoms with E-state index >= 15 is 0 Å². The van der Waals surface area contributed by atoms with Gasteiger partial charge in [-0.2, -0.15) is 0 Å². The molecule has 0 aliphatic heterocycles. The minimum atomic E-state index is -0.435. The minimum absolute atomic E-state index is 0.435. The van der Waals surface area contributed by atoms with Crippen LogP contribution in [0.5, 0.6) is 0 Å². The van der Waals surface area contributed by atoms with Crippen LogP contribution < -0.4 is 0 Å². The molecule has 0 saturated heterocycles. The zero-order valence-electron chi connectivity index (χ0n) is 6.60. The maximum atomic E-state index is 10.3. The van der Waals surface area contributed by atoms with Gasteiger partial charge in [-0.05, 0) is 6.07 Å². The molecule has 62 valence electrons. The monoisotopic (exact) mass is 164 g/mol. The molecular weight excluding hydrogens is 156 g/mol. The van der Waals surface area contributed by atoms with E-state index in [0.29, 0.717) is 0 Å². The van der Waals surface area contributed by atoms with E-state index in [9.17, 15) is 4.79 Å². The summed E-state index contributed by atoms with van der Waals surface area (Å²) in [7, 11) is 0. The average molecular weight is 164 g/mol. The van der Waals surface area contributed by atoms with Gasteiger partial charge in [0.2, 0.25) is 0 Å². The summed E-state index contributed by atoms with van der Waals surface area (Å²) < 4.78 is 0. The number of hydrogen-bond donors (Lipinski definition) is 0. The number of aromatic nitrogens is 1. The van der Waals surface area contributed by atoms with Crippen LogP contribution in [-0.4, -0.2) is 17.2 Å². The van der Waals surface area contributed by atoms with E-state index in [1.807, 2.05) is 0 Å². The molecule has 1 aromatic rings. The minimum Gasteiger partial charge on any atom is -0.319 e. The fraction of sp³-hybridized carbons (Fsp3) is 0.125. The van der Waals surface area contributed by atoms with Crippen LogP contribution in [0.3, 0.4) is 0 Å². The number of nitrogens with zero attached hydrogens (tertiary/aromatic N) is 2. The third-order valence-corrected chi connectivity index (χ3v) is 1.07. The molecule has 0 amide bonds. The van der Waals surface area contributed by atoms with Crippen molar-refractivity contribution in [2.45, 2.75) is 6.92 Å². The van der Waals surface area contributed by atoms with Crippen LogP contribution in [0.2, 0.25) is 0 Å². The van der Waals surface area contributed by atoms with Crippen molar-refractivity contribution in [3.05, 3.63) is 30.1 Å². The van der Waals surface area contributed by atoms with Gasteiger partial charge >= 0.3 is 5.97 Å². The number of hydrogen-bond acceptors (Lipinski definition) is 4. The molecular formula is C8H8N2O2. The smallest absolute Gasteiger partial charge is 0.319 e. The molecule has 0 bridgehead atoms. The normalized spacial score (nSPS) is 10.1. The van der Waals surface area contributed by atoms with Crippen LogP contribution in [0.15, 0.2) is 29.7 Å². The molecule has 4 heteroatoms. The highest BCUT2D eigenvalue weighted by atomic mass is 16.7. The van der Waals surface area contributed by atoms with E-state index in [-0.39, 0.29) is 0 Å². The lowest BCUT2D eigenvalue weighted by molar-refractivity contribution is -0.140. The van der Waals surface area contributed by atoms with E-state index in [1.54, 1.807) is 24.5 Å². The maximum absolute atomic E-state index is 10.3. The van der Waals surface area contributed by atoms with Crippen LogP contribution in [0, 0.1) is 0 Å². The highest BCUT2D eigenvalue weighted by molar-refractivity contribution is 5.79. The molecule has 1 rings (SSSR count). The summed E-state index contributed by atoms with van der Waals surface area (Å²) in [5.41, 5.74) is 0.791. The van der Waals surface area contributed by atoms with Crippen molar-refractivity contribution in [3.63, 3.8) is 0 Å². The van der Waals surface area contributed by atoms with Crippen LogP contribution in [0.25, 0.3) is 0 Å². The number of oxime groups is 1. The molecule has 0 aliphatic rings. The van der Waals surface area contributed by atoms with Crippen LogP contribution in [-0.2, 0) is 9.63 Å². The van der Waals surface area contributed by atoms with Gasteiger partial charge in [0.25, 0.3) is 0 Å². The van der Waals surface area contributed by atoms with Crippen LogP contribution in [0.4, 0.5) is 0 Å². The SMILES string of the molecule is CC(=O)ON=Cc1cccnc1. The standard InChI is InChI=1S/C8H8N2O2/c1-7(11)12-10-6-8-3-2-4-9-5-8/h2-6H,1H3. The van der Waals surface area contributed by atoms with Crippen LogP contribution in [0.1, 0.15) is 12.5 Å². The molecule has 1 aromatic heterocycles. The first kappa shape index (κ1) is 8.39. The van der Waals surface area contributed by atoms with E-state index in [2.05, 4.69) is 15.0 Å². The van der Waals surface area contributed by atoms with Crippen molar-refractivity contribution in [2.24, 2.45) is 5.16 Å². The quantitative estimate of drug-likeness (QED) is 0.372. The largest absolute Gasteiger partial charge is 0.331 e. The first-order valence-electron chi connectivity index (χ1n) is 3.40. The van der Waals surface area contributed by atoms with Crippen molar-refractivity contribution in [2.75, 3.05) is 0 Å². The van der Waals surface area contributed by atoms with E-state index in [1.165, 1.54) is 13.1 Å². The van der Waals surface area contributed by atoms with Gasteiger partial charge in [0.1, 0.15) is 0 Å².